The molecule has 0 aliphatic rings. The fourth-order valence-electron chi connectivity index (χ4n) is 1.87. The molecular formula is C13H25N3O. The van der Waals surface area contributed by atoms with E-state index in [1.165, 1.54) is 5.56 Å². The van der Waals surface area contributed by atoms with E-state index in [0.29, 0.717) is 6.04 Å². The summed E-state index contributed by atoms with van der Waals surface area (Å²) in [5.41, 5.74) is 1.29. The van der Waals surface area contributed by atoms with Crippen LogP contribution in [0.4, 0.5) is 0 Å². The molecule has 4 nitrogen and oxygen atoms in total. The molecule has 1 rings (SSSR count). The lowest BCUT2D eigenvalue weighted by Gasteiger charge is -2.16. The van der Waals surface area contributed by atoms with Gasteiger partial charge < -0.3 is 10.1 Å². The molecule has 0 amide bonds. The van der Waals surface area contributed by atoms with Crippen molar-refractivity contribution in [1.29, 1.82) is 0 Å². The van der Waals surface area contributed by atoms with E-state index in [2.05, 4.69) is 30.5 Å². The molecule has 1 unspecified atom stereocenters. The van der Waals surface area contributed by atoms with Gasteiger partial charge in [-0.3, -0.25) is 4.68 Å². The zero-order valence-corrected chi connectivity index (χ0v) is 11.3. The summed E-state index contributed by atoms with van der Waals surface area (Å²) in [5.74, 6) is 0. The quantitative estimate of drug-likeness (QED) is 0.672. The summed E-state index contributed by atoms with van der Waals surface area (Å²) in [4.78, 5) is 0. The molecule has 98 valence electrons. The smallest absolute Gasteiger partial charge is 0.0537 e. The van der Waals surface area contributed by atoms with Crippen molar-refractivity contribution in [1.82, 2.24) is 15.1 Å². The van der Waals surface area contributed by atoms with Gasteiger partial charge in [-0.2, -0.15) is 5.10 Å². The van der Waals surface area contributed by atoms with Crippen molar-refractivity contribution in [3.8, 4) is 0 Å². The zero-order chi connectivity index (χ0) is 12.5. The van der Waals surface area contributed by atoms with Crippen LogP contribution >= 0.6 is 0 Å². The van der Waals surface area contributed by atoms with Crippen molar-refractivity contribution in [3.63, 3.8) is 0 Å². The molecule has 0 spiro atoms. The average Bonchev–Trinajstić information content (AvgIpc) is 2.82. The molecule has 0 fully saturated rings. The first-order valence-corrected chi connectivity index (χ1v) is 6.56. The normalized spacial score (nSPS) is 12.9. The number of nitrogens with zero attached hydrogens (tertiary/aromatic N) is 2. The Kier molecular flexibility index (Phi) is 6.89. The SMILES string of the molecule is CCCNC(CCCOC)c1cnn(CC)c1. The van der Waals surface area contributed by atoms with Crippen LogP contribution in [0.5, 0.6) is 0 Å². The second kappa shape index (κ2) is 8.25. The zero-order valence-electron chi connectivity index (χ0n) is 11.3. The van der Waals surface area contributed by atoms with Crippen molar-refractivity contribution < 1.29 is 4.74 Å². The Morgan fingerprint density at radius 2 is 2.29 bits per heavy atom. The first-order valence-electron chi connectivity index (χ1n) is 6.56. The van der Waals surface area contributed by atoms with Gasteiger partial charge in [-0.05, 0) is 32.7 Å². The molecule has 1 aromatic heterocycles. The van der Waals surface area contributed by atoms with Crippen LogP contribution in [0.1, 0.15) is 44.7 Å². The summed E-state index contributed by atoms with van der Waals surface area (Å²) in [5, 5.41) is 7.91. The summed E-state index contributed by atoms with van der Waals surface area (Å²) in [6, 6.07) is 0.408. The molecule has 1 aromatic rings. The van der Waals surface area contributed by atoms with Crippen molar-refractivity contribution >= 4 is 0 Å². The number of ether oxygens (including phenoxy) is 1. The number of hydrogen-bond acceptors (Lipinski definition) is 3. The van der Waals surface area contributed by atoms with Crippen LogP contribution in [0, 0.1) is 0 Å². The van der Waals surface area contributed by atoms with Crippen LogP contribution in [0.3, 0.4) is 0 Å². The number of nitrogens with one attached hydrogen (secondary N) is 1. The highest BCUT2D eigenvalue weighted by Gasteiger charge is 2.12. The van der Waals surface area contributed by atoms with Gasteiger partial charge in [0.2, 0.25) is 0 Å². The van der Waals surface area contributed by atoms with Gasteiger partial charge in [0.1, 0.15) is 0 Å². The number of aromatic nitrogens is 2. The monoisotopic (exact) mass is 239 g/mol. The van der Waals surface area contributed by atoms with E-state index in [-0.39, 0.29) is 0 Å². The highest BCUT2D eigenvalue weighted by atomic mass is 16.5. The lowest BCUT2D eigenvalue weighted by atomic mass is 10.1. The Balaban J connectivity index is 2.54. The average molecular weight is 239 g/mol. The fourth-order valence-corrected chi connectivity index (χ4v) is 1.87. The van der Waals surface area contributed by atoms with Crippen molar-refractivity contribution in [2.24, 2.45) is 0 Å². The highest BCUT2D eigenvalue weighted by molar-refractivity contribution is 5.10. The molecule has 0 aliphatic carbocycles. The summed E-state index contributed by atoms with van der Waals surface area (Å²) >= 11 is 0. The van der Waals surface area contributed by atoms with E-state index >= 15 is 0 Å². The van der Waals surface area contributed by atoms with Crippen LogP contribution in [0.2, 0.25) is 0 Å². The van der Waals surface area contributed by atoms with Gasteiger partial charge in [0.25, 0.3) is 0 Å². The fraction of sp³-hybridized carbons (Fsp3) is 0.769. The van der Waals surface area contributed by atoms with Gasteiger partial charge in [-0.1, -0.05) is 6.92 Å². The van der Waals surface area contributed by atoms with Gasteiger partial charge in [-0.25, -0.2) is 0 Å². The molecule has 1 N–H and O–H groups in total. The molecule has 0 bridgehead atoms. The molecule has 0 radical (unpaired) electrons. The van der Waals surface area contributed by atoms with E-state index in [9.17, 15) is 0 Å². The first kappa shape index (κ1) is 14.2. The van der Waals surface area contributed by atoms with Crippen LogP contribution in [-0.4, -0.2) is 30.0 Å². The third-order valence-corrected chi connectivity index (χ3v) is 2.86. The summed E-state index contributed by atoms with van der Waals surface area (Å²) in [6.45, 7) is 7.10. The van der Waals surface area contributed by atoms with Gasteiger partial charge in [0, 0.05) is 38.1 Å². The van der Waals surface area contributed by atoms with E-state index < -0.39 is 0 Å². The molecule has 0 aromatic carbocycles. The Morgan fingerprint density at radius 3 is 2.88 bits per heavy atom. The number of hydrogen-bond donors (Lipinski definition) is 1. The predicted molar refractivity (Wildman–Crippen MR) is 70.0 cm³/mol. The standard InChI is InChI=1S/C13H25N3O/c1-4-8-14-13(7-6-9-17-3)12-10-15-16(5-2)11-12/h10-11,13-14H,4-9H2,1-3H3. The Morgan fingerprint density at radius 1 is 1.47 bits per heavy atom. The van der Waals surface area contributed by atoms with E-state index in [4.69, 9.17) is 4.74 Å². The van der Waals surface area contributed by atoms with Gasteiger partial charge in [0.15, 0.2) is 0 Å². The molecule has 1 heterocycles. The van der Waals surface area contributed by atoms with Crippen LogP contribution < -0.4 is 5.32 Å². The van der Waals surface area contributed by atoms with Gasteiger partial charge in [-0.15, -0.1) is 0 Å². The van der Waals surface area contributed by atoms with Gasteiger partial charge in [0.05, 0.1) is 6.20 Å². The Hall–Kier alpha value is -0.870. The van der Waals surface area contributed by atoms with Crippen molar-refractivity contribution in [3.05, 3.63) is 18.0 Å². The highest BCUT2D eigenvalue weighted by Crippen LogP contribution is 2.18. The second-order valence-electron chi connectivity index (χ2n) is 4.27. The third-order valence-electron chi connectivity index (χ3n) is 2.86. The summed E-state index contributed by atoms with van der Waals surface area (Å²) in [6.07, 6.45) is 7.45. The van der Waals surface area contributed by atoms with Crippen LogP contribution in [-0.2, 0) is 11.3 Å². The predicted octanol–water partition coefficient (Wildman–Crippen LogP) is 2.37. The maximum Gasteiger partial charge on any atom is 0.0537 e. The molecule has 17 heavy (non-hydrogen) atoms. The summed E-state index contributed by atoms with van der Waals surface area (Å²) in [7, 11) is 1.75. The maximum absolute atomic E-state index is 5.11. The van der Waals surface area contributed by atoms with Crippen molar-refractivity contribution in [2.75, 3.05) is 20.3 Å². The minimum Gasteiger partial charge on any atom is -0.385 e. The van der Waals surface area contributed by atoms with Crippen LogP contribution in [0.15, 0.2) is 12.4 Å². The minimum absolute atomic E-state index is 0.408. The first-order chi connectivity index (χ1) is 8.31. The topological polar surface area (TPSA) is 39.1 Å². The Bertz CT molecular complexity index is 299. The third kappa shape index (κ3) is 4.88. The maximum atomic E-state index is 5.11. The largest absolute Gasteiger partial charge is 0.385 e. The summed E-state index contributed by atoms with van der Waals surface area (Å²) < 4.78 is 7.09. The van der Waals surface area contributed by atoms with Crippen molar-refractivity contribution in [2.45, 2.75) is 45.7 Å². The number of aryl methyl sites for hydroxylation is 1. The molecule has 0 saturated carbocycles. The van der Waals surface area contributed by atoms with Crippen LogP contribution in [0.25, 0.3) is 0 Å². The van der Waals surface area contributed by atoms with E-state index in [1.807, 2.05) is 10.9 Å². The number of methoxy groups -OCH3 is 1. The second-order valence-corrected chi connectivity index (χ2v) is 4.27. The molecule has 4 heteroatoms. The lowest BCUT2D eigenvalue weighted by Crippen LogP contribution is -2.22. The van der Waals surface area contributed by atoms with E-state index in [1.54, 1.807) is 7.11 Å². The molecular weight excluding hydrogens is 214 g/mol. The number of rotatable bonds is 9. The molecule has 0 saturated heterocycles. The lowest BCUT2D eigenvalue weighted by molar-refractivity contribution is 0.188. The molecule has 0 aliphatic heterocycles. The van der Waals surface area contributed by atoms with E-state index in [0.717, 1.165) is 39.0 Å². The Labute approximate surface area is 104 Å². The molecule has 1 atom stereocenters. The minimum atomic E-state index is 0.408. The van der Waals surface area contributed by atoms with Gasteiger partial charge >= 0.3 is 0 Å².